The van der Waals surface area contributed by atoms with Crippen LogP contribution >= 0.6 is 31.9 Å². The first kappa shape index (κ1) is 15.5. The SMILES string of the molecule is Cc1cc(NC(CN)c2cncc(Br)c2)cc(C)c1Br. The number of nitrogens with one attached hydrogen (secondary N) is 1. The molecule has 3 N–H and O–H groups in total. The van der Waals surface area contributed by atoms with Gasteiger partial charge in [0.15, 0.2) is 0 Å². The molecule has 0 aliphatic carbocycles. The number of nitrogens with two attached hydrogens (primary N) is 1. The molecule has 2 rings (SSSR count). The van der Waals surface area contributed by atoms with Crippen LogP contribution in [0.25, 0.3) is 0 Å². The molecule has 1 heterocycles. The summed E-state index contributed by atoms with van der Waals surface area (Å²) in [6, 6.07) is 6.31. The molecular formula is C15H17Br2N3. The molecule has 0 aliphatic rings. The Morgan fingerprint density at radius 3 is 2.35 bits per heavy atom. The number of anilines is 1. The number of hydrogen-bond acceptors (Lipinski definition) is 3. The van der Waals surface area contributed by atoms with Crippen LogP contribution in [-0.4, -0.2) is 11.5 Å². The van der Waals surface area contributed by atoms with E-state index < -0.39 is 0 Å². The second kappa shape index (κ2) is 6.70. The third-order valence-electron chi connectivity index (χ3n) is 3.14. The van der Waals surface area contributed by atoms with Gasteiger partial charge in [0.2, 0.25) is 0 Å². The van der Waals surface area contributed by atoms with Gasteiger partial charge in [-0.15, -0.1) is 0 Å². The molecule has 0 spiro atoms. The Labute approximate surface area is 136 Å². The summed E-state index contributed by atoms with van der Waals surface area (Å²) < 4.78 is 2.11. The monoisotopic (exact) mass is 397 g/mol. The largest absolute Gasteiger partial charge is 0.377 e. The number of aryl methyl sites for hydroxylation is 2. The maximum atomic E-state index is 5.89. The molecule has 3 nitrogen and oxygen atoms in total. The first-order chi connectivity index (χ1) is 9.51. The number of hydrogen-bond donors (Lipinski definition) is 2. The van der Waals surface area contributed by atoms with Crippen molar-refractivity contribution in [1.82, 2.24) is 4.98 Å². The minimum absolute atomic E-state index is 0.0416. The normalized spacial score (nSPS) is 12.2. The highest BCUT2D eigenvalue weighted by molar-refractivity contribution is 9.10. The van der Waals surface area contributed by atoms with Gasteiger partial charge in [-0.1, -0.05) is 15.9 Å². The zero-order valence-corrected chi connectivity index (χ0v) is 14.6. The van der Waals surface area contributed by atoms with Gasteiger partial charge in [0.25, 0.3) is 0 Å². The van der Waals surface area contributed by atoms with Crippen LogP contribution in [0.1, 0.15) is 22.7 Å². The fourth-order valence-corrected chi connectivity index (χ4v) is 2.74. The Kier molecular flexibility index (Phi) is 5.18. The van der Waals surface area contributed by atoms with E-state index in [1.807, 2.05) is 12.3 Å². The van der Waals surface area contributed by atoms with Gasteiger partial charge >= 0.3 is 0 Å². The van der Waals surface area contributed by atoms with Crippen molar-refractivity contribution in [2.45, 2.75) is 19.9 Å². The summed E-state index contributed by atoms with van der Waals surface area (Å²) in [5, 5.41) is 3.47. The third kappa shape index (κ3) is 3.59. The van der Waals surface area contributed by atoms with Gasteiger partial charge in [0.05, 0.1) is 6.04 Å². The molecule has 0 saturated heterocycles. The fourth-order valence-electron chi connectivity index (χ4n) is 2.13. The van der Waals surface area contributed by atoms with E-state index in [1.54, 1.807) is 6.20 Å². The molecule has 2 aromatic rings. The van der Waals surface area contributed by atoms with Gasteiger partial charge in [-0.25, -0.2) is 0 Å². The topological polar surface area (TPSA) is 50.9 Å². The zero-order chi connectivity index (χ0) is 14.7. The van der Waals surface area contributed by atoms with Gasteiger partial charge < -0.3 is 11.1 Å². The summed E-state index contributed by atoms with van der Waals surface area (Å²) in [6.07, 6.45) is 3.61. The molecule has 0 fully saturated rings. The number of aromatic nitrogens is 1. The maximum absolute atomic E-state index is 5.89. The number of benzene rings is 1. The highest BCUT2D eigenvalue weighted by Gasteiger charge is 2.11. The predicted octanol–water partition coefficient (Wildman–Crippen LogP) is 4.34. The van der Waals surface area contributed by atoms with Crippen molar-refractivity contribution < 1.29 is 0 Å². The van der Waals surface area contributed by atoms with Crippen molar-refractivity contribution in [2.24, 2.45) is 5.73 Å². The highest BCUT2D eigenvalue weighted by atomic mass is 79.9. The molecule has 0 aliphatic heterocycles. The van der Waals surface area contributed by atoms with Crippen LogP contribution in [0.15, 0.2) is 39.5 Å². The summed E-state index contributed by atoms with van der Waals surface area (Å²) in [4.78, 5) is 4.19. The first-order valence-electron chi connectivity index (χ1n) is 6.35. The van der Waals surface area contributed by atoms with Crippen molar-refractivity contribution in [3.05, 3.63) is 56.2 Å². The van der Waals surface area contributed by atoms with Crippen molar-refractivity contribution in [3.63, 3.8) is 0 Å². The minimum Gasteiger partial charge on any atom is -0.377 e. The van der Waals surface area contributed by atoms with E-state index in [1.165, 1.54) is 11.1 Å². The lowest BCUT2D eigenvalue weighted by Crippen LogP contribution is -2.21. The Morgan fingerprint density at radius 2 is 1.80 bits per heavy atom. The number of rotatable bonds is 4. The van der Waals surface area contributed by atoms with Crippen LogP contribution in [0.3, 0.4) is 0 Å². The summed E-state index contributed by atoms with van der Waals surface area (Å²) in [6.45, 7) is 4.67. The van der Waals surface area contributed by atoms with Crippen molar-refractivity contribution >= 4 is 37.5 Å². The van der Waals surface area contributed by atoms with Gasteiger partial charge in [0.1, 0.15) is 0 Å². The molecule has 1 aromatic heterocycles. The average Bonchev–Trinajstić information content (AvgIpc) is 2.42. The van der Waals surface area contributed by atoms with Crippen LogP contribution < -0.4 is 11.1 Å². The summed E-state index contributed by atoms with van der Waals surface area (Å²) in [5.41, 5.74) is 10.4. The lowest BCUT2D eigenvalue weighted by Gasteiger charge is -2.20. The van der Waals surface area contributed by atoms with E-state index >= 15 is 0 Å². The van der Waals surface area contributed by atoms with Crippen LogP contribution in [0, 0.1) is 13.8 Å². The van der Waals surface area contributed by atoms with Crippen molar-refractivity contribution in [3.8, 4) is 0 Å². The van der Waals surface area contributed by atoms with Crippen molar-refractivity contribution in [1.29, 1.82) is 0 Å². The fraction of sp³-hybridized carbons (Fsp3) is 0.267. The number of nitrogens with zero attached hydrogens (tertiary/aromatic N) is 1. The molecule has 0 bridgehead atoms. The number of halogens is 2. The van der Waals surface area contributed by atoms with Crippen LogP contribution in [0.5, 0.6) is 0 Å². The minimum atomic E-state index is 0.0416. The quantitative estimate of drug-likeness (QED) is 0.805. The summed E-state index contributed by atoms with van der Waals surface area (Å²) in [5.74, 6) is 0. The van der Waals surface area contributed by atoms with E-state index in [2.05, 4.69) is 68.1 Å². The lowest BCUT2D eigenvalue weighted by atomic mass is 10.1. The third-order valence-corrected chi connectivity index (χ3v) is 4.83. The molecule has 1 unspecified atom stereocenters. The maximum Gasteiger partial charge on any atom is 0.0651 e. The average molecular weight is 399 g/mol. The van der Waals surface area contributed by atoms with E-state index in [0.717, 1.165) is 20.2 Å². The predicted molar refractivity (Wildman–Crippen MR) is 91.0 cm³/mol. The Bertz CT molecular complexity index is 591. The Balaban J connectivity index is 2.27. The van der Waals surface area contributed by atoms with E-state index in [-0.39, 0.29) is 6.04 Å². The standard InChI is InChI=1S/C15H17Br2N3/c1-9-3-13(4-10(2)15(9)17)20-14(6-18)11-5-12(16)8-19-7-11/h3-5,7-8,14,20H,6,18H2,1-2H3. The lowest BCUT2D eigenvalue weighted by molar-refractivity contribution is 0.784. The molecule has 1 atom stereocenters. The van der Waals surface area contributed by atoms with Gasteiger partial charge in [-0.2, -0.15) is 0 Å². The first-order valence-corrected chi connectivity index (χ1v) is 7.93. The second-order valence-electron chi connectivity index (χ2n) is 4.79. The molecule has 5 heteroatoms. The van der Waals surface area contributed by atoms with Gasteiger partial charge in [-0.05, 0) is 64.7 Å². The Hall–Kier alpha value is -0.910. The van der Waals surface area contributed by atoms with Gasteiger partial charge in [0, 0.05) is 33.6 Å². The molecule has 20 heavy (non-hydrogen) atoms. The summed E-state index contributed by atoms with van der Waals surface area (Å²) in [7, 11) is 0. The van der Waals surface area contributed by atoms with E-state index in [0.29, 0.717) is 6.54 Å². The molecular weight excluding hydrogens is 382 g/mol. The van der Waals surface area contributed by atoms with Gasteiger partial charge in [-0.3, -0.25) is 4.98 Å². The molecule has 0 amide bonds. The van der Waals surface area contributed by atoms with Crippen LogP contribution in [0.2, 0.25) is 0 Å². The summed E-state index contributed by atoms with van der Waals surface area (Å²) >= 11 is 7.02. The van der Waals surface area contributed by atoms with E-state index in [9.17, 15) is 0 Å². The second-order valence-corrected chi connectivity index (χ2v) is 6.50. The Morgan fingerprint density at radius 1 is 1.15 bits per heavy atom. The van der Waals surface area contributed by atoms with Crippen LogP contribution in [-0.2, 0) is 0 Å². The highest BCUT2D eigenvalue weighted by Crippen LogP contribution is 2.27. The molecule has 106 valence electrons. The molecule has 0 saturated carbocycles. The number of pyridine rings is 1. The van der Waals surface area contributed by atoms with E-state index in [4.69, 9.17) is 5.73 Å². The smallest absolute Gasteiger partial charge is 0.0651 e. The zero-order valence-electron chi connectivity index (χ0n) is 11.5. The molecule has 1 aromatic carbocycles. The van der Waals surface area contributed by atoms with Crippen LogP contribution in [0.4, 0.5) is 5.69 Å². The van der Waals surface area contributed by atoms with Crippen molar-refractivity contribution in [2.75, 3.05) is 11.9 Å². The molecule has 0 radical (unpaired) electrons.